The standard InChI is InChI=1S/C12H18N2O2/c1-2-14-5-3-10(4-6-14)7-12-13-11(8-15)9-16-12/h8-10H,2-7H2,1H3. The number of carbonyl (C=O) groups is 1. The van der Waals surface area contributed by atoms with Crippen LogP contribution in [-0.4, -0.2) is 35.8 Å². The molecule has 1 aromatic heterocycles. The van der Waals surface area contributed by atoms with Crippen LogP contribution < -0.4 is 0 Å². The molecule has 0 aliphatic carbocycles. The van der Waals surface area contributed by atoms with E-state index in [2.05, 4.69) is 16.8 Å². The Morgan fingerprint density at radius 1 is 1.56 bits per heavy atom. The monoisotopic (exact) mass is 222 g/mol. The van der Waals surface area contributed by atoms with Crippen molar-refractivity contribution in [3.63, 3.8) is 0 Å². The Labute approximate surface area is 95.6 Å². The number of carbonyl (C=O) groups excluding carboxylic acids is 1. The van der Waals surface area contributed by atoms with Crippen LogP contribution in [0.3, 0.4) is 0 Å². The van der Waals surface area contributed by atoms with Gasteiger partial charge in [-0.1, -0.05) is 6.92 Å². The fourth-order valence-electron chi connectivity index (χ4n) is 2.23. The van der Waals surface area contributed by atoms with Gasteiger partial charge >= 0.3 is 0 Å². The quantitative estimate of drug-likeness (QED) is 0.728. The van der Waals surface area contributed by atoms with E-state index in [1.807, 2.05) is 0 Å². The second kappa shape index (κ2) is 5.25. The molecule has 4 nitrogen and oxygen atoms in total. The minimum Gasteiger partial charge on any atom is -0.448 e. The van der Waals surface area contributed by atoms with Crippen molar-refractivity contribution in [2.75, 3.05) is 19.6 Å². The zero-order valence-corrected chi connectivity index (χ0v) is 9.69. The molecule has 16 heavy (non-hydrogen) atoms. The highest BCUT2D eigenvalue weighted by Gasteiger charge is 2.20. The van der Waals surface area contributed by atoms with Gasteiger partial charge in [0.15, 0.2) is 12.2 Å². The van der Waals surface area contributed by atoms with Crippen molar-refractivity contribution in [1.29, 1.82) is 0 Å². The van der Waals surface area contributed by atoms with Crippen molar-refractivity contribution < 1.29 is 9.21 Å². The van der Waals surface area contributed by atoms with Crippen molar-refractivity contribution in [3.05, 3.63) is 17.8 Å². The summed E-state index contributed by atoms with van der Waals surface area (Å²) in [7, 11) is 0. The van der Waals surface area contributed by atoms with Crippen molar-refractivity contribution in [2.24, 2.45) is 5.92 Å². The Balaban J connectivity index is 1.84. The van der Waals surface area contributed by atoms with Crippen molar-refractivity contribution >= 4 is 6.29 Å². The number of likely N-dealkylation sites (tertiary alicyclic amines) is 1. The first-order chi connectivity index (χ1) is 7.81. The Bertz CT molecular complexity index is 341. The smallest absolute Gasteiger partial charge is 0.194 e. The second-order valence-corrected chi connectivity index (χ2v) is 4.37. The molecule has 1 aliphatic rings. The topological polar surface area (TPSA) is 46.3 Å². The summed E-state index contributed by atoms with van der Waals surface area (Å²) in [5.41, 5.74) is 0.404. The molecule has 2 rings (SSSR count). The molecule has 0 aromatic carbocycles. The molecule has 1 fully saturated rings. The number of oxazole rings is 1. The van der Waals surface area contributed by atoms with Gasteiger partial charge in [0.2, 0.25) is 0 Å². The van der Waals surface area contributed by atoms with Gasteiger partial charge < -0.3 is 9.32 Å². The molecule has 1 aliphatic heterocycles. The summed E-state index contributed by atoms with van der Waals surface area (Å²) in [6.45, 7) is 5.68. The molecule has 0 amide bonds. The van der Waals surface area contributed by atoms with Crippen LogP contribution in [0.1, 0.15) is 36.1 Å². The van der Waals surface area contributed by atoms with Crippen LogP contribution >= 0.6 is 0 Å². The molecule has 0 unspecified atom stereocenters. The first kappa shape index (κ1) is 11.3. The van der Waals surface area contributed by atoms with Crippen LogP contribution in [-0.2, 0) is 6.42 Å². The van der Waals surface area contributed by atoms with E-state index < -0.39 is 0 Å². The zero-order chi connectivity index (χ0) is 11.4. The molecule has 0 saturated carbocycles. The molecule has 0 radical (unpaired) electrons. The van der Waals surface area contributed by atoms with E-state index in [1.165, 1.54) is 32.2 Å². The van der Waals surface area contributed by atoms with E-state index in [1.54, 1.807) is 0 Å². The van der Waals surface area contributed by atoms with Gasteiger partial charge in [-0.3, -0.25) is 4.79 Å². The molecule has 0 bridgehead atoms. The van der Waals surface area contributed by atoms with Crippen LogP contribution in [0.15, 0.2) is 10.7 Å². The maximum atomic E-state index is 10.5. The maximum Gasteiger partial charge on any atom is 0.194 e. The highest BCUT2D eigenvalue weighted by molar-refractivity contribution is 5.70. The molecule has 88 valence electrons. The minimum absolute atomic E-state index is 0.404. The Hall–Kier alpha value is -1.16. The van der Waals surface area contributed by atoms with Crippen LogP contribution in [0.25, 0.3) is 0 Å². The average Bonchev–Trinajstić information content (AvgIpc) is 2.78. The number of rotatable bonds is 4. The van der Waals surface area contributed by atoms with E-state index in [-0.39, 0.29) is 0 Å². The van der Waals surface area contributed by atoms with E-state index in [0.29, 0.717) is 17.5 Å². The van der Waals surface area contributed by atoms with Gasteiger partial charge in [0, 0.05) is 6.42 Å². The molecular weight excluding hydrogens is 204 g/mol. The first-order valence-corrected chi connectivity index (χ1v) is 5.93. The van der Waals surface area contributed by atoms with Gasteiger partial charge in [0.05, 0.1) is 0 Å². The molecule has 4 heteroatoms. The summed E-state index contributed by atoms with van der Waals surface area (Å²) in [5, 5.41) is 0. The summed E-state index contributed by atoms with van der Waals surface area (Å²) in [6.07, 6.45) is 5.43. The summed E-state index contributed by atoms with van der Waals surface area (Å²) < 4.78 is 5.26. The lowest BCUT2D eigenvalue weighted by molar-refractivity contribution is 0.111. The van der Waals surface area contributed by atoms with Gasteiger partial charge in [-0.25, -0.2) is 4.98 Å². The Morgan fingerprint density at radius 3 is 2.88 bits per heavy atom. The number of aldehydes is 1. The van der Waals surface area contributed by atoms with Crippen LogP contribution in [0, 0.1) is 5.92 Å². The van der Waals surface area contributed by atoms with Crippen LogP contribution in [0.5, 0.6) is 0 Å². The SMILES string of the molecule is CCN1CCC(Cc2nc(C=O)co2)CC1. The molecule has 0 N–H and O–H groups in total. The Kier molecular flexibility index (Phi) is 3.72. The Morgan fingerprint density at radius 2 is 2.31 bits per heavy atom. The van der Waals surface area contributed by atoms with Gasteiger partial charge in [-0.15, -0.1) is 0 Å². The van der Waals surface area contributed by atoms with Gasteiger partial charge in [0.25, 0.3) is 0 Å². The number of piperidine rings is 1. The maximum absolute atomic E-state index is 10.5. The fourth-order valence-corrected chi connectivity index (χ4v) is 2.23. The average molecular weight is 222 g/mol. The van der Waals surface area contributed by atoms with Crippen molar-refractivity contribution in [2.45, 2.75) is 26.2 Å². The van der Waals surface area contributed by atoms with Gasteiger partial charge in [0.1, 0.15) is 12.0 Å². The predicted molar refractivity (Wildman–Crippen MR) is 60.4 cm³/mol. The largest absolute Gasteiger partial charge is 0.448 e. The summed E-state index contributed by atoms with van der Waals surface area (Å²) in [5.74, 6) is 1.36. The first-order valence-electron chi connectivity index (χ1n) is 5.93. The molecule has 1 aromatic rings. The normalized spacial score (nSPS) is 18.8. The van der Waals surface area contributed by atoms with E-state index in [0.717, 1.165) is 19.3 Å². The fraction of sp³-hybridized carbons (Fsp3) is 0.667. The lowest BCUT2D eigenvalue weighted by atomic mass is 9.93. The number of aromatic nitrogens is 1. The summed E-state index contributed by atoms with van der Waals surface area (Å²) >= 11 is 0. The third-order valence-electron chi connectivity index (χ3n) is 3.31. The lowest BCUT2D eigenvalue weighted by Gasteiger charge is -2.30. The number of hydrogen-bond donors (Lipinski definition) is 0. The van der Waals surface area contributed by atoms with Gasteiger partial charge in [-0.05, 0) is 38.4 Å². The summed E-state index contributed by atoms with van der Waals surface area (Å²) in [6, 6.07) is 0. The van der Waals surface area contributed by atoms with E-state index in [9.17, 15) is 4.79 Å². The number of hydrogen-bond acceptors (Lipinski definition) is 4. The van der Waals surface area contributed by atoms with Crippen LogP contribution in [0.4, 0.5) is 0 Å². The molecule has 0 atom stereocenters. The molecule has 1 saturated heterocycles. The second-order valence-electron chi connectivity index (χ2n) is 4.37. The molecular formula is C12H18N2O2. The van der Waals surface area contributed by atoms with E-state index >= 15 is 0 Å². The van der Waals surface area contributed by atoms with Crippen molar-refractivity contribution in [1.82, 2.24) is 9.88 Å². The molecule has 2 heterocycles. The summed E-state index contributed by atoms with van der Waals surface area (Å²) in [4.78, 5) is 17.0. The highest BCUT2D eigenvalue weighted by atomic mass is 16.3. The zero-order valence-electron chi connectivity index (χ0n) is 9.69. The minimum atomic E-state index is 0.404. The number of nitrogens with zero attached hydrogens (tertiary/aromatic N) is 2. The third-order valence-corrected chi connectivity index (χ3v) is 3.31. The van der Waals surface area contributed by atoms with Gasteiger partial charge in [-0.2, -0.15) is 0 Å². The van der Waals surface area contributed by atoms with E-state index in [4.69, 9.17) is 4.42 Å². The molecule has 0 spiro atoms. The third kappa shape index (κ3) is 2.70. The van der Waals surface area contributed by atoms with Crippen LogP contribution in [0.2, 0.25) is 0 Å². The predicted octanol–water partition coefficient (Wildman–Crippen LogP) is 1.76. The highest BCUT2D eigenvalue weighted by Crippen LogP contribution is 2.20. The van der Waals surface area contributed by atoms with Crippen molar-refractivity contribution in [3.8, 4) is 0 Å². The lowest BCUT2D eigenvalue weighted by Crippen LogP contribution is -2.34.